The highest BCUT2D eigenvalue weighted by atomic mass is 35.5. The Morgan fingerprint density at radius 1 is 1.29 bits per heavy atom. The van der Waals surface area contributed by atoms with Crippen LogP contribution in [0.2, 0.25) is 5.02 Å². The summed E-state index contributed by atoms with van der Waals surface area (Å²) in [6.45, 7) is 2.03. The van der Waals surface area contributed by atoms with Crippen molar-refractivity contribution in [3.8, 4) is 0 Å². The maximum Gasteiger partial charge on any atom is 0.330 e. The molecule has 0 radical (unpaired) electrons. The lowest BCUT2D eigenvalue weighted by Gasteiger charge is -2.08. The van der Waals surface area contributed by atoms with Gasteiger partial charge in [-0.25, -0.2) is 13.2 Å². The predicted molar refractivity (Wildman–Crippen MR) is 92.2 cm³/mol. The Morgan fingerprint density at radius 3 is 2.62 bits per heavy atom. The zero-order valence-electron chi connectivity index (χ0n) is 12.8. The maximum absolute atomic E-state index is 12.2. The fourth-order valence-corrected chi connectivity index (χ4v) is 3.05. The molecule has 0 aliphatic heterocycles. The highest BCUT2D eigenvalue weighted by Crippen LogP contribution is 2.18. The zero-order chi connectivity index (χ0) is 17.6. The van der Waals surface area contributed by atoms with Gasteiger partial charge in [0.25, 0.3) is 10.0 Å². The molecular formula is C16H15ClN2O4S. The van der Waals surface area contributed by atoms with E-state index in [1.165, 1.54) is 24.5 Å². The van der Waals surface area contributed by atoms with Crippen molar-refractivity contribution >= 4 is 39.4 Å². The van der Waals surface area contributed by atoms with E-state index in [1.54, 1.807) is 37.3 Å². The van der Waals surface area contributed by atoms with E-state index < -0.39 is 16.0 Å². The molecule has 0 unspecified atom stereocenters. The summed E-state index contributed by atoms with van der Waals surface area (Å²) >= 11 is 5.76. The van der Waals surface area contributed by atoms with Crippen LogP contribution in [0.4, 0.5) is 5.69 Å². The molecule has 0 atom stereocenters. The first-order valence-electron chi connectivity index (χ1n) is 6.99. The number of esters is 1. The number of hydrogen-bond acceptors (Lipinski definition) is 5. The minimum absolute atomic E-state index is 0.0266. The quantitative estimate of drug-likeness (QED) is 0.627. The average Bonchev–Trinajstić information content (AvgIpc) is 2.54. The SMILES string of the molecule is CCOC(=O)C=Cc1ccc(NS(=O)(=O)c2cncc(Cl)c2)cc1. The summed E-state index contributed by atoms with van der Waals surface area (Å²) in [5.74, 6) is -0.435. The van der Waals surface area contributed by atoms with Gasteiger partial charge in [-0.15, -0.1) is 0 Å². The molecule has 2 aromatic rings. The third-order valence-corrected chi connectivity index (χ3v) is 4.41. The van der Waals surface area contributed by atoms with Crippen LogP contribution in [0.15, 0.2) is 53.7 Å². The molecule has 1 aromatic heterocycles. The molecule has 0 saturated heterocycles. The zero-order valence-corrected chi connectivity index (χ0v) is 14.3. The Kier molecular flexibility index (Phi) is 5.94. The largest absolute Gasteiger partial charge is 0.463 e. The van der Waals surface area contributed by atoms with Crippen molar-refractivity contribution in [2.24, 2.45) is 0 Å². The highest BCUT2D eigenvalue weighted by Gasteiger charge is 2.14. The van der Waals surface area contributed by atoms with Gasteiger partial charge < -0.3 is 4.74 Å². The number of carbonyl (C=O) groups excluding carboxylic acids is 1. The van der Waals surface area contributed by atoms with Gasteiger partial charge in [0.1, 0.15) is 4.90 Å². The fourth-order valence-electron chi connectivity index (χ4n) is 1.77. The number of hydrogen-bond donors (Lipinski definition) is 1. The number of sulfonamides is 1. The monoisotopic (exact) mass is 366 g/mol. The van der Waals surface area contributed by atoms with Crippen molar-refractivity contribution in [3.63, 3.8) is 0 Å². The van der Waals surface area contributed by atoms with E-state index in [4.69, 9.17) is 16.3 Å². The Morgan fingerprint density at radius 2 is 2.00 bits per heavy atom. The van der Waals surface area contributed by atoms with Gasteiger partial charge in [-0.1, -0.05) is 23.7 Å². The van der Waals surface area contributed by atoms with E-state index in [0.29, 0.717) is 12.3 Å². The van der Waals surface area contributed by atoms with Crippen LogP contribution >= 0.6 is 11.6 Å². The van der Waals surface area contributed by atoms with Crippen LogP contribution in [0.25, 0.3) is 6.08 Å². The number of aromatic nitrogens is 1. The number of ether oxygens (including phenoxy) is 1. The summed E-state index contributed by atoms with van der Waals surface area (Å²) in [4.78, 5) is 15.0. The maximum atomic E-state index is 12.2. The highest BCUT2D eigenvalue weighted by molar-refractivity contribution is 7.92. The standard InChI is InChI=1S/C16H15ClN2O4S/c1-2-23-16(20)8-5-12-3-6-14(7-4-12)19-24(21,22)15-9-13(17)10-18-11-15/h3-11,19H,2H2,1H3. The molecule has 0 amide bonds. The van der Waals surface area contributed by atoms with E-state index in [2.05, 4.69) is 9.71 Å². The normalized spacial score (nSPS) is 11.4. The van der Waals surface area contributed by atoms with Crippen LogP contribution in [0.1, 0.15) is 12.5 Å². The molecule has 0 aliphatic carbocycles. The fraction of sp³-hybridized carbons (Fsp3) is 0.125. The number of rotatable bonds is 6. The Balaban J connectivity index is 2.10. The van der Waals surface area contributed by atoms with Crippen molar-refractivity contribution in [1.82, 2.24) is 4.98 Å². The number of halogens is 1. The molecule has 24 heavy (non-hydrogen) atoms. The molecule has 2 rings (SSSR count). The lowest BCUT2D eigenvalue weighted by atomic mass is 10.2. The van der Waals surface area contributed by atoms with Gasteiger partial charge in [0, 0.05) is 24.2 Å². The first-order chi connectivity index (χ1) is 11.4. The van der Waals surface area contributed by atoms with Crippen LogP contribution < -0.4 is 4.72 Å². The Hall–Kier alpha value is -2.38. The third kappa shape index (κ3) is 5.07. The van der Waals surface area contributed by atoms with Crippen molar-refractivity contribution in [2.75, 3.05) is 11.3 Å². The molecule has 0 bridgehead atoms. The Labute approximate surface area is 145 Å². The number of benzene rings is 1. The molecule has 1 aromatic carbocycles. The minimum atomic E-state index is -3.77. The lowest BCUT2D eigenvalue weighted by Crippen LogP contribution is -2.13. The summed E-state index contributed by atoms with van der Waals surface area (Å²) in [5, 5.41) is 0.234. The first-order valence-corrected chi connectivity index (χ1v) is 8.85. The smallest absolute Gasteiger partial charge is 0.330 e. The van der Waals surface area contributed by atoms with Crippen LogP contribution in [-0.2, 0) is 19.6 Å². The lowest BCUT2D eigenvalue weighted by molar-refractivity contribution is -0.137. The molecule has 1 heterocycles. The molecule has 0 saturated carbocycles. The van der Waals surface area contributed by atoms with Gasteiger partial charge in [-0.05, 0) is 36.8 Å². The number of anilines is 1. The summed E-state index contributed by atoms with van der Waals surface area (Å²) in [6.07, 6.45) is 5.45. The van der Waals surface area contributed by atoms with Gasteiger partial charge in [-0.2, -0.15) is 0 Å². The number of carbonyl (C=O) groups is 1. The van der Waals surface area contributed by atoms with Gasteiger partial charge >= 0.3 is 5.97 Å². The summed E-state index contributed by atoms with van der Waals surface area (Å²) in [7, 11) is -3.77. The summed E-state index contributed by atoms with van der Waals surface area (Å²) < 4.78 is 31.7. The predicted octanol–water partition coefficient (Wildman–Crippen LogP) is 3.11. The Bertz CT molecular complexity index is 849. The van der Waals surface area contributed by atoms with Gasteiger partial charge in [0.05, 0.1) is 11.6 Å². The molecule has 6 nitrogen and oxygen atoms in total. The van der Waals surface area contributed by atoms with Gasteiger partial charge in [0.2, 0.25) is 0 Å². The molecule has 126 valence electrons. The van der Waals surface area contributed by atoms with Crippen LogP contribution in [0, 0.1) is 0 Å². The molecule has 1 N–H and O–H groups in total. The topological polar surface area (TPSA) is 85.4 Å². The van der Waals surface area contributed by atoms with Crippen LogP contribution in [0.3, 0.4) is 0 Å². The molecule has 0 aliphatic rings. The van der Waals surface area contributed by atoms with Gasteiger partial charge in [-0.3, -0.25) is 9.71 Å². The number of pyridine rings is 1. The second-order valence-corrected chi connectivity index (χ2v) is 6.77. The average molecular weight is 367 g/mol. The van der Waals surface area contributed by atoms with Crippen molar-refractivity contribution < 1.29 is 17.9 Å². The molecular weight excluding hydrogens is 352 g/mol. The van der Waals surface area contributed by atoms with E-state index in [0.717, 1.165) is 5.56 Å². The van der Waals surface area contributed by atoms with E-state index in [9.17, 15) is 13.2 Å². The summed E-state index contributed by atoms with van der Waals surface area (Å²) in [5.41, 5.74) is 1.11. The van der Waals surface area contributed by atoms with E-state index in [1.807, 2.05) is 0 Å². The molecule has 0 spiro atoms. The van der Waals surface area contributed by atoms with Crippen molar-refractivity contribution in [1.29, 1.82) is 0 Å². The summed E-state index contributed by atoms with van der Waals surface area (Å²) in [6, 6.07) is 7.82. The van der Waals surface area contributed by atoms with E-state index >= 15 is 0 Å². The first kappa shape index (κ1) is 18.0. The number of nitrogens with one attached hydrogen (secondary N) is 1. The number of nitrogens with zero attached hydrogens (tertiary/aromatic N) is 1. The molecule has 8 heteroatoms. The van der Waals surface area contributed by atoms with Crippen LogP contribution in [0.5, 0.6) is 0 Å². The van der Waals surface area contributed by atoms with Gasteiger partial charge in [0.15, 0.2) is 0 Å². The van der Waals surface area contributed by atoms with Crippen LogP contribution in [-0.4, -0.2) is 26.0 Å². The molecule has 0 fully saturated rings. The third-order valence-electron chi connectivity index (χ3n) is 2.85. The van der Waals surface area contributed by atoms with Crippen molar-refractivity contribution in [2.45, 2.75) is 11.8 Å². The second kappa shape index (κ2) is 7.94. The minimum Gasteiger partial charge on any atom is -0.463 e. The van der Waals surface area contributed by atoms with Crippen molar-refractivity contribution in [3.05, 3.63) is 59.4 Å². The van der Waals surface area contributed by atoms with E-state index in [-0.39, 0.29) is 9.92 Å². The second-order valence-electron chi connectivity index (χ2n) is 4.65.